The first-order valence-corrected chi connectivity index (χ1v) is 5.65. The number of aromatic nitrogens is 2. The van der Waals surface area contributed by atoms with Gasteiger partial charge in [0.1, 0.15) is 18.0 Å². The quantitative estimate of drug-likeness (QED) is 0.792. The molecule has 0 unspecified atom stereocenters. The maximum Gasteiger partial charge on any atom is 0.134 e. The van der Waals surface area contributed by atoms with Gasteiger partial charge in [0.05, 0.1) is 0 Å². The number of hydrogen-bond acceptors (Lipinski definition) is 5. The average molecular weight is 221 g/mol. The van der Waals surface area contributed by atoms with Gasteiger partial charge in [-0.2, -0.15) is 0 Å². The van der Waals surface area contributed by atoms with Gasteiger partial charge in [-0.25, -0.2) is 9.97 Å². The van der Waals surface area contributed by atoms with Crippen LogP contribution in [0, 0.1) is 0 Å². The van der Waals surface area contributed by atoms with Gasteiger partial charge in [-0.3, -0.25) is 0 Å². The van der Waals surface area contributed by atoms with Crippen LogP contribution in [-0.2, 0) is 0 Å². The molecule has 0 aromatic carbocycles. The predicted molar refractivity (Wildman–Crippen MR) is 65.4 cm³/mol. The first-order chi connectivity index (χ1) is 7.66. The van der Waals surface area contributed by atoms with E-state index in [1.807, 2.05) is 6.07 Å². The van der Waals surface area contributed by atoms with Crippen LogP contribution in [-0.4, -0.2) is 48.1 Å². The summed E-state index contributed by atoms with van der Waals surface area (Å²) in [5.41, 5.74) is 5.66. The molecule has 16 heavy (non-hydrogen) atoms. The molecule has 1 aromatic heterocycles. The van der Waals surface area contributed by atoms with Crippen molar-refractivity contribution in [3.63, 3.8) is 0 Å². The monoisotopic (exact) mass is 221 g/mol. The zero-order chi connectivity index (χ0) is 11.5. The summed E-state index contributed by atoms with van der Waals surface area (Å²) >= 11 is 0. The highest BCUT2D eigenvalue weighted by atomic mass is 15.2. The molecular weight excluding hydrogens is 202 g/mol. The molecule has 0 bridgehead atoms. The van der Waals surface area contributed by atoms with Crippen LogP contribution in [0.15, 0.2) is 12.4 Å². The number of rotatable bonds is 2. The fourth-order valence-corrected chi connectivity index (χ4v) is 2.12. The number of hydrogen-bond donors (Lipinski definition) is 1. The van der Waals surface area contributed by atoms with Crippen LogP contribution in [0.3, 0.4) is 0 Å². The highest BCUT2D eigenvalue weighted by Gasteiger charge is 2.21. The molecule has 0 aliphatic carbocycles. The van der Waals surface area contributed by atoms with Crippen molar-refractivity contribution in [1.82, 2.24) is 14.9 Å². The van der Waals surface area contributed by atoms with E-state index in [0.717, 1.165) is 18.9 Å². The number of likely N-dealkylation sites (tertiary alicyclic amines) is 1. The van der Waals surface area contributed by atoms with E-state index >= 15 is 0 Å². The van der Waals surface area contributed by atoms with Gasteiger partial charge in [0, 0.05) is 19.2 Å². The normalized spacial score (nSPS) is 18.6. The van der Waals surface area contributed by atoms with Crippen LogP contribution in [0.1, 0.15) is 12.8 Å². The zero-order valence-corrected chi connectivity index (χ0v) is 9.93. The molecule has 2 heterocycles. The van der Waals surface area contributed by atoms with Crippen molar-refractivity contribution < 1.29 is 0 Å². The largest absolute Gasteiger partial charge is 0.384 e. The van der Waals surface area contributed by atoms with Crippen LogP contribution in [0.5, 0.6) is 0 Å². The topological polar surface area (TPSA) is 58.3 Å². The number of piperidine rings is 1. The minimum absolute atomic E-state index is 0.532. The Morgan fingerprint density at radius 1 is 1.38 bits per heavy atom. The van der Waals surface area contributed by atoms with Gasteiger partial charge in [0.2, 0.25) is 0 Å². The molecule has 1 saturated heterocycles. The van der Waals surface area contributed by atoms with E-state index in [4.69, 9.17) is 5.73 Å². The van der Waals surface area contributed by atoms with Gasteiger partial charge in [-0.05, 0) is 33.0 Å². The van der Waals surface area contributed by atoms with E-state index in [0.29, 0.717) is 11.9 Å². The third-order valence-corrected chi connectivity index (χ3v) is 3.27. The Kier molecular flexibility index (Phi) is 3.24. The first kappa shape index (κ1) is 11.1. The van der Waals surface area contributed by atoms with Crippen LogP contribution in [0.4, 0.5) is 11.6 Å². The fraction of sp³-hybridized carbons (Fsp3) is 0.636. The van der Waals surface area contributed by atoms with Gasteiger partial charge < -0.3 is 15.5 Å². The van der Waals surface area contributed by atoms with E-state index < -0.39 is 0 Å². The molecule has 5 nitrogen and oxygen atoms in total. The van der Waals surface area contributed by atoms with Gasteiger partial charge in [0.25, 0.3) is 0 Å². The van der Waals surface area contributed by atoms with E-state index in [2.05, 4.69) is 33.9 Å². The average Bonchev–Trinajstić information content (AvgIpc) is 2.29. The molecular formula is C11H19N5. The maximum absolute atomic E-state index is 5.66. The van der Waals surface area contributed by atoms with Crippen molar-refractivity contribution in [3.05, 3.63) is 12.4 Å². The highest BCUT2D eigenvalue weighted by molar-refractivity contribution is 5.46. The number of nitrogens with zero attached hydrogens (tertiary/aromatic N) is 4. The summed E-state index contributed by atoms with van der Waals surface area (Å²) in [4.78, 5) is 12.7. The van der Waals surface area contributed by atoms with Crippen molar-refractivity contribution in [2.24, 2.45) is 0 Å². The molecule has 2 N–H and O–H groups in total. The Labute approximate surface area is 96.3 Å². The second-order valence-electron chi connectivity index (χ2n) is 4.45. The second-order valence-corrected chi connectivity index (χ2v) is 4.45. The van der Waals surface area contributed by atoms with E-state index in [9.17, 15) is 0 Å². The predicted octanol–water partition coefficient (Wildman–Crippen LogP) is 0.589. The standard InChI is InChI=1S/C11H19N5/c1-15-5-3-9(4-6-15)16(2)11-7-10(12)13-8-14-11/h7-9H,3-6H2,1-2H3,(H2,12,13,14). The summed E-state index contributed by atoms with van der Waals surface area (Å²) in [6.07, 6.45) is 3.88. The number of nitrogens with two attached hydrogens (primary N) is 1. The fourth-order valence-electron chi connectivity index (χ4n) is 2.12. The smallest absolute Gasteiger partial charge is 0.134 e. The molecule has 1 aliphatic heterocycles. The molecule has 0 radical (unpaired) electrons. The summed E-state index contributed by atoms with van der Waals surface area (Å²) in [5, 5.41) is 0. The molecule has 0 amide bonds. The molecule has 2 rings (SSSR count). The Morgan fingerprint density at radius 2 is 2.06 bits per heavy atom. The van der Waals surface area contributed by atoms with Gasteiger partial charge >= 0.3 is 0 Å². The Hall–Kier alpha value is -1.36. The first-order valence-electron chi connectivity index (χ1n) is 5.65. The SMILES string of the molecule is CN1CCC(N(C)c2cc(N)ncn2)CC1. The second kappa shape index (κ2) is 4.65. The van der Waals surface area contributed by atoms with Crippen molar-refractivity contribution in [2.45, 2.75) is 18.9 Å². The van der Waals surface area contributed by atoms with Crippen molar-refractivity contribution in [2.75, 3.05) is 37.8 Å². The highest BCUT2D eigenvalue weighted by Crippen LogP contribution is 2.20. The lowest BCUT2D eigenvalue weighted by Crippen LogP contribution is -2.42. The molecule has 0 saturated carbocycles. The van der Waals surface area contributed by atoms with Crippen molar-refractivity contribution in [3.8, 4) is 0 Å². The summed E-state index contributed by atoms with van der Waals surface area (Å²) in [6, 6.07) is 2.39. The summed E-state index contributed by atoms with van der Waals surface area (Å²) in [5.74, 6) is 1.45. The maximum atomic E-state index is 5.66. The minimum atomic E-state index is 0.532. The molecule has 88 valence electrons. The summed E-state index contributed by atoms with van der Waals surface area (Å²) < 4.78 is 0. The molecule has 1 aliphatic rings. The van der Waals surface area contributed by atoms with Crippen LogP contribution >= 0.6 is 0 Å². The van der Waals surface area contributed by atoms with E-state index in [1.54, 1.807) is 0 Å². The van der Waals surface area contributed by atoms with Gasteiger partial charge in [0.15, 0.2) is 0 Å². The van der Waals surface area contributed by atoms with E-state index in [-0.39, 0.29) is 0 Å². The molecule has 0 spiro atoms. The number of nitrogen functional groups attached to an aromatic ring is 1. The molecule has 5 heteroatoms. The van der Waals surface area contributed by atoms with Crippen molar-refractivity contribution in [1.29, 1.82) is 0 Å². The number of anilines is 2. The van der Waals surface area contributed by atoms with Crippen LogP contribution in [0.2, 0.25) is 0 Å². The minimum Gasteiger partial charge on any atom is -0.384 e. The van der Waals surface area contributed by atoms with Gasteiger partial charge in [-0.1, -0.05) is 0 Å². The Bertz CT molecular complexity index is 346. The molecule has 1 aromatic rings. The lowest BCUT2D eigenvalue weighted by Gasteiger charge is -2.35. The Morgan fingerprint density at radius 3 is 2.69 bits per heavy atom. The summed E-state index contributed by atoms with van der Waals surface area (Å²) in [6.45, 7) is 2.30. The van der Waals surface area contributed by atoms with Crippen LogP contribution < -0.4 is 10.6 Å². The zero-order valence-electron chi connectivity index (χ0n) is 9.93. The third-order valence-electron chi connectivity index (χ3n) is 3.27. The lowest BCUT2D eigenvalue weighted by molar-refractivity contribution is 0.252. The molecule has 1 fully saturated rings. The van der Waals surface area contributed by atoms with Gasteiger partial charge in [-0.15, -0.1) is 0 Å². The third kappa shape index (κ3) is 2.41. The van der Waals surface area contributed by atoms with Crippen LogP contribution in [0.25, 0.3) is 0 Å². The van der Waals surface area contributed by atoms with Crippen molar-refractivity contribution >= 4 is 11.6 Å². The lowest BCUT2D eigenvalue weighted by atomic mass is 10.0. The van der Waals surface area contributed by atoms with E-state index in [1.165, 1.54) is 19.2 Å². The summed E-state index contributed by atoms with van der Waals surface area (Å²) in [7, 11) is 4.25. The Balaban J connectivity index is 2.04. The molecule has 0 atom stereocenters.